The fraction of sp³-hybridized carbons (Fsp3) is 0.185. The number of para-hydroxylation sites is 2. The van der Waals surface area contributed by atoms with E-state index in [1.165, 1.54) is 11.1 Å². The molecule has 0 N–H and O–H groups in total. The molecule has 4 heteroatoms. The van der Waals surface area contributed by atoms with E-state index in [4.69, 9.17) is 4.98 Å². The molecule has 4 nitrogen and oxygen atoms in total. The molecule has 5 rings (SSSR count). The van der Waals surface area contributed by atoms with Crippen LogP contribution >= 0.6 is 0 Å². The summed E-state index contributed by atoms with van der Waals surface area (Å²) in [4.78, 5) is 19.7. The van der Waals surface area contributed by atoms with E-state index in [1.54, 1.807) is 0 Å². The third-order valence-electron chi connectivity index (χ3n) is 5.92. The van der Waals surface area contributed by atoms with Crippen molar-refractivity contribution < 1.29 is 4.79 Å². The van der Waals surface area contributed by atoms with Crippen LogP contribution in [0.3, 0.4) is 0 Å². The lowest BCUT2D eigenvalue weighted by molar-refractivity contribution is -0.117. The second-order valence-corrected chi connectivity index (χ2v) is 8.12. The van der Waals surface area contributed by atoms with Gasteiger partial charge in [0.1, 0.15) is 5.82 Å². The Morgan fingerprint density at radius 1 is 0.968 bits per heavy atom. The Balaban J connectivity index is 1.45. The van der Waals surface area contributed by atoms with E-state index in [2.05, 4.69) is 54.0 Å². The van der Waals surface area contributed by atoms with Crippen LogP contribution < -0.4 is 4.90 Å². The standard InChI is InChI=1S/C27H25N3O/c1-20-13-15-23(16-14-20)30-19-22(18-26(30)31)27-28-24-11-5-6-12-25(24)29(27)17-7-10-21-8-3-2-4-9-21/h2-16,22H,17-19H2,1H3/b10-7+. The Morgan fingerprint density at radius 3 is 2.52 bits per heavy atom. The fourth-order valence-corrected chi connectivity index (χ4v) is 4.31. The van der Waals surface area contributed by atoms with E-state index in [-0.39, 0.29) is 11.8 Å². The zero-order valence-electron chi connectivity index (χ0n) is 17.6. The highest BCUT2D eigenvalue weighted by atomic mass is 16.2. The first-order valence-electron chi connectivity index (χ1n) is 10.7. The number of imidazole rings is 1. The third kappa shape index (κ3) is 3.89. The molecule has 3 aromatic carbocycles. The summed E-state index contributed by atoms with van der Waals surface area (Å²) in [5.74, 6) is 1.22. The minimum Gasteiger partial charge on any atom is -0.324 e. The molecule has 1 saturated heterocycles. The van der Waals surface area contributed by atoms with E-state index in [0.29, 0.717) is 13.0 Å². The summed E-state index contributed by atoms with van der Waals surface area (Å²) in [6.07, 6.45) is 4.79. The highest BCUT2D eigenvalue weighted by Gasteiger charge is 2.34. The van der Waals surface area contributed by atoms with Gasteiger partial charge in [-0.15, -0.1) is 0 Å². The molecule has 0 spiro atoms. The Morgan fingerprint density at radius 2 is 1.71 bits per heavy atom. The number of nitrogens with zero attached hydrogens (tertiary/aromatic N) is 3. The van der Waals surface area contributed by atoms with Gasteiger partial charge in [-0.3, -0.25) is 4.79 Å². The molecule has 0 saturated carbocycles. The molecule has 2 heterocycles. The number of anilines is 1. The Labute approximate surface area is 182 Å². The van der Waals surface area contributed by atoms with Gasteiger partial charge >= 0.3 is 0 Å². The largest absolute Gasteiger partial charge is 0.324 e. The molecule has 1 unspecified atom stereocenters. The van der Waals surface area contributed by atoms with E-state index >= 15 is 0 Å². The molecule has 1 aliphatic heterocycles. The second-order valence-electron chi connectivity index (χ2n) is 8.12. The molecule has 1 atom stereocenters. The van der Waals surface area contributed by atoms with Crippen molar-refractivity contribution >= 4 is 28.7 Å². The van der Waals surface area contributed by atoms with Crippen molar-refractivity contribution in [2.24, 2.45) is 0 Å². The van der Waals surface area contributed by atoms with Crippen molar-refractivity contribution in [3.8, 4) is 0 Å². The average molecular weight is 408 g/mol. The van der Waals surface area contributed by atoms with Crippen molar-refractivity contribution in [3.63, 3.8) is 0 Å². The maximum Gasteiger partial charge on any atom is 0.227 e. The van der Waals surface area contributed by atoms with Crippen molar-refractivity contribution in [3.05, 3.63) is 102 Å². The van der Waals surface area contributed by atoms with Gasteiger partial charge in [0.05, 0.1) is 11.0 Å². The summed E-state index contributed by atoms with van der Waals surface area (Å²) in [5.41, 5.74) is 5.42. The number of benzene rings is 3. The van der Waals surface area contributed by atoms with Crippen molar-refractivity contribution in [1.29, 1.82) is 0 Å². The van der Waals surface area contributed by atoms with Gasteiger partial charge in [0.15, 0.2) is 0 Å². The number of aryl methyl sites for hydroxylation is 1. The maximum atomic E-state index is 12.8. The minimum atomic E-state index is 0.0753. The quantitative estimate of drug-likeness (QED) is 0.433. The lowest BCUT2D eigenvalue weighted by atomic mass is 10.1. The molecule has 1 fully saturated rings. The number of amides is 1. The van der Waals surface area contributed by atoms with Crippen LogP contribution in [0.1, 0.15) is 29.3 Å². The molecule has 154 valence electrons. The van der Waals surface area contributed by atoms with E-state index in [9.17, 15) is 4.79 Å². The summed E-state index contributed by atoms with van der Waals surface area (Å²) in [7, 11) is 0. The normalized spacial score (nSPS) is 16.6. The van der Waals surface area contributed by atoms with Gasteiger partial charge in [-0.1, -0.05) is 72.3 Å². The van der Waals surface area contributed by atoms with Crippen LogP contribution in [-0.2, 0) is 11.3 Å². The second kappa shape index (κ2) is 8.23. The van der Waals surface area contributed by atoms with Crippen LogP contribution in [-0.4, -0.2) is 22.0 Å². The molecule has 1 aliphatic rings. The molecule has 1 aromatic heterocycles. The zero-order valence-corrected chi connectivity index (χ0v) is 17.6. The lowest BCUT2D eigenvalue weighted by Gasteiger charge is -2.17. The van der Waals surface area contributed by atoms with E-state index in [1.807, 2.05) is 53.4 Å². The van der Waals surface area contributed by atoms with Crippen molar-refractivity contribution in [2.45, 2.75) is 25.8 Å². The van der Waals surface area contributed by atoms with Gasteiger partial charge in [-0.25, -0.2) is 4.98 Å². The van der Waals surface area contributed by atoms with Gasteiger partial charge in [-0.05, 0) is 36.8 Å². The number of hydrogen-bond acceptors (Lipinski definition) is 2. The van der Waals surface area contributed by atoms with Gasteiger partial charge < -0.3 is 9.47 Å². The van der Waals surface area contributed by atoms with Crippen LogP contribution in [0.4, 0.5) is 5.69 Å². The predicted octanol–water partition coefficient (Wildman–Crippen LogP) is 5.58. The molecule has 1 amide bonds. The Hall–Kier alpha value is -3.66. The number of hydrogen-bond donors (Lipinski definition) is 0. The smallest absolute Gasteiger partial charge is 0.227 e. The van der Waals surface area contributed by atoms with Gasteiger partial charge in [0.2, 0.25) is 5.91 Å². The maximum absolute atomic E-state index is 12.8. The van der Waals surface area contributed by atoms with Crippen molar-refractivity contribution in [2.75, 3.05) is 11.4 Å². The summed E-state index contributed by atoms with van der Waals surface area (Å²) in [6.45, 7) is 3.44. The highest BCUT2D eigenvalue weighted by molar-refractivity contribution is 5.96. The first kappa shape index (κ1) is 19.3. The third-order valence-corrected chi connectivity index (χ3v) is 5.92. The van der Waals surface area contributed by atoms with Gasteiger partial charge in [0, 0.05) is 31.1 Å². The van der Waals surface area contributed by atoms with Crippen LogP contribution in [0.2, 0.25) is 0 Å². The molecule has 0 radical (unpaired) electrons. The summed E-state index contributed by atoms with van der Waals surface area (Å²) < 4.78 is 2.26. The average Bonchev–Trinajstić information content (AvgIpc) is 3.36. The number of carbonyl (C=O) groups excluding carboxylic acids is 1. The topological polar surface area (TPSA) is 38.1 Å². The van der Waals surface area contributed by atoms with Gasteiger partial charge in [0.25, 0.3) is 0 Å². The van der Waals surface area contributed by atoms with Crippen molar-refractivity contribution in [1.82, 2.24) is 9.55 Å². The molecule has 0 aliphatic carbocycles. The summed E-state index contributed by atoms with van der Waals surface area (Å²) >= 11 is 0. The van der Waals surface area contributed by atoms with Gasteiger partial charge in [-0.2, -0.15) is 0 Å². The monoisotopic (exact) mass is 407 g/mol. The minimum absolute atomic E-state index is 0.0753. The Bertz CT molecular complexity index is 1240. The first-order valence-corrected chi connectivity index (χ1v) is 10.7. The summed E-state index contributed by atoms with van der Waals surface area (Å²) in [5, 5.41) is 0. The molecular weight excluding hydrogens is 382 g/mol. The number of allylic oxidation sites excluding steroid dienone is 1. The highest BCUT2D eigenvalue weighted by Crippen LogP contribution is 2.33. The number of fused-ring (bicyclic) bond motifs is 1. The van der Waals surface area contributed by atoms with Crippen LogP contribution in [0, 0.1) is 6.92 Å². The first-order chi connectivity index (χ1) is 15.2. The number of aromatic nitrogens is 2. The lowest BCUT2D eigenvalue weighted by Crippen LogP contribution is -2.24. The SMILES string of the molecule is Cc1ccc(N2CC(c3nc4ccccc4n3C/C=C/c3ccccc3)CC2=O)cc1. The molecule has 31 heavy (non-hydrogen) atoms. The summed E-state index contributed by atoms with van der Waals surface area (Å²) in [6, 6.07) is 26.7. The predicted molar refractivity (Wildman–Crippen MR) is 126 cm³/mol. The molecular formula is C27H25N3O. The van der Waals surface area contributed by atoms with E-state index < -0.39 is 0 Å². The number of rotatable bonds is 5. The fourth-order valence-electron chi connectivity index (χ4n) is 4.31. The van der Waals surface area contributed by atoms with Crippen LogP contribution in [0.5, 0.6) is 0 Å². The Kier molecular flexibility index (Phi) is 5.13. The number of carbonyl (C=O) groups is 1. The zero-order chi connectivity index (χ0) is 21.2. The van der Waals surface area contributed by atoms with Crippen LogP contribution in [0.25, 0.3) is 17.1 Å². The van der Waals surface area contributed by atoms with Crippen LogP contribution in [0.15, 0.2) is 84.9 Å². The molecule has 4 aromatic rings. The van der Waals surface area contributed by atoms with E-state index in [0.717, 1.165) is 29.1 Å². The molecule has 0 bridgehead atoms.